The van der Waals surface area contributed by atoms with Gasteiger partial charge in [0.25, 0.3) is 10.0 Å². The Labute approximate surface area is 94.0 Å². The van der Waals surface area contributed by atoms with E-state index in [0.29, 0.717) is 5.69 Å². The first-order valence-electron chi connectivity index (χ1n) is 4.72. The highest BCUT2D eigenvalue weighted by Crippen LogP contribution is 2.13. The summed E-state index contributed by atoms with van der Waals surface area (Å²) in [5.41, 5.74) is 0.506. The van der Waals surface area contributed by atoms with Gasteiger partial charge in [0.1, 0.15) is 5.69 Å². The van der Waals surface area contributed by atoms with Gasteiger partial charge in [-0.05, 0) is 18.2 Å². The summed E-state index contributed by atoms with van der Waals surface area (Å²) in [5, 5.41) is 0. The van der Waals surface area contributed by atoms with E-state index in [9.17, 15) is 8.42 Å². The summed E-state index contributed by atoms with van der Waals surface area (Å²) >= 11 is 0. The molecule has 0 unspecified atom stereocenters. The molecule has 0 saturated carbocycles. The average molecular weight is 235 g/mol. The van der Waals surface area contributed by atoms with E-state index in [1.807, 2.05) is 0 Å². The largest absolute Gasteiger partial charge is 0.274 e. The molecular formula is C11H11N2O2S+. The smallest absolute Gasteiger partial charge is 0.262 e. The van der Waals surface area contributed by atoms with Crippen molar-refractivity contribution in [3.05, 3.63) is 54.9 Å². The maximum absolute atomic E-state index is 11.9. The van der Waals surface area contributed by atoms with Crippen molar-refractivity contribution in [3.63, 3.8) is 0 Å². The lowest BCUT2D eigenvalue weighted by Crippen LogP contribution is -2.14. The predicted molar refractivity (Wildman–Crippen MR) is 60.2 cm³/mol. The summed E-state index contributed by atoms with van der Waals surface area (Å²) in [6, 6.07) is 11.6. The Morgan fingerprint density at radius 1 is 1.00 bits per heavy atom. The summed E-state index contributed by atoms with van der Waals surface area (Å²) in [4.78, 5) is 3.06. The van der Waals surface area contributed by atoms with E-state index in [-0.39, 0.29) is 4.90 Å². The van der Waals surface area contributed by atoms with Crippen LogP contribution in [0, 0.1) is 0 Å². The van der Waals surface area contributed by atoms with Crippen LogP contribution in [-0.2, 0) is 10.0 Å². The predicted octanol–water partition coefficient (Wildman–Crippen LogP) is 1.30. The number of benzene rings is 1. The number of pyridine rings is 1. The highest BCUT2D eigenvalue weighted by atomic mass is 32.2. The van der Waals surface area contributed by atoms with Crippen molar-refractivity contribution in [2.75, 3.05) is 4.72 Å². The number of sulfonamides is 1. The molecule has 1 aromatic heterocycles. The zero-order valence-corrected chi connectivity index (χ0v) is 9.24. The van der Waals surface area contributed by atoms with Gasteiger partial charge in [-0.2, -0.15) is 0 Å². The molecule has 0 atom stereocenters. The molecule has 0 bridgehead atoms. The third kappa shape index (κ3) is 2.38. The first-order valence-corrected chi connectivity index (χ1v) is 6.21. The minimum Gasteiger partial charge on any atom is -0.274 e. The number of H-pyrrole nitrogens is 1. The molecule has 5 heteroatoms. The standard InChI is InChI=1S/C11H10N2O2S/c14-16(15,11-6-2-1-3-7-11)13-10-5-4-8-12-9-10/h1-9,13H/p+1. The molecule has 1 aromatic carbocycles. The molecule has 1 heterocycles. The second kappa shape index (κ2) is 4.32. The maximum atomic E-state index is 11.9. The number of aromatic nitrogens is 1. The maximum Gasteiger partial charge on any atom is 0.262 e. The highest BCUT2D eigenvalue weighted by molar-refractivity contribution is 7.92. The zero-order valence-electron chi connectivity index (χ0n) is 8.42. The summed E-state index contributed by atoms with van der Waals surface area (Å²) in [5.74, 6) is 0. The molecule has 82 valence electrons. The normalized spacial score (nSPS) is 11.0. The SMILES string of the molecule is O=S(=O)(Nc1ccc[nH+]c1)c1ccccc1. The Hall–Kier alpha value is -1.88. The van der Waals surface area contributed by atoms with Crippen molar-refractivity contribution < 1.29 is 13.4 Å². The van der Waals surface area contributed by atoms with Crippen molar-refractivity contribution in [1.29, 1.82) is 0 Å². The summed E-state index contributed by atoms with van der Waals surface area (Å²) < 4.78 is 26.2. The lowest BCUT2D eigenvalue weighted by Gasteiger charge is -2.05. The van der Waals surface area contributed by atoms with Crippen LogP contribution in [-0.4, -0.2) is 8.42 Å². The Balaban J connectivity index is 2.29. The number of hydrogen-bond acceptors (Lipinski definition) is 2. The van der Waals surface area contributed by atoms with Crippen LogP contribution in [0.25, 0.3) is 0 Å². The second-order valence-electron chi connectivity index (χ2n) is 3.21. The zero-order chi connectivity index (χ0) is 11.4. The average Bonchev–Trinajstić information content (AvgIpc) is 2.31. The number of aromatic amines is 1. The van der Waals surface area contributed by atoms with Crippen LogP contribution >= 0.6 is 0 Å². The molecule has 2 N–H and O–H groups in total. The van der Waals surface area contributed by atoms with Crippen LogP contribution in [0.5, 0.6) is 0 Å². The van der Waals surface area contributed by atoms with Gasteiger partial charge in [0.2, 0.25) is 0 Å². The van der Waals surface area contributed by atoms with Crippen LogP contribution < -0.4 is 9.71 Å². The van der Waals surface area contributed by atoms with Crippen molar-refractivity contribution in [3.8, 4) is 0 Å². The van der Waals surface area contributed by atoms with Gasteiger partial charge in [-0.3, -0.25) is 4.72 Å². The van der Waals surface area contributed by atoms with Crippen LogP contribution in [0.1, 0.15) is 0 Å². The van der Waals surface area contributed by atoms with Gasteiger partial charge in [0.15, 0.2) is 12.4 Å². The Morgan fingerprint density at radius 3 is 2.38 bits per heavy atom. The Morgan fingerprint density at radius 2 is 1.75 bits per heavy atom. The molecule has 0 amide bonds. The number of rotatable bonds is 3. The van der Waals surface area contributed by atoms with Gasteiger partial charge in [0, 0.05) is 6.07 Å². The number of anilines is 1. The van der Waals surface area contributed by atoms with Gasteiger partial charge in [-0.1, -0.05) is 18.2 Å². The number of hydrogen-bond donors (Lipinski definition) is 1. The van der Waals surface area contributed by atoms with E-state index in [2.05, 4.69) is 9.71 Å². The fraction of sp³-hybridized carbons (Fsp3) is 0. The minimum atomic E-state index is -3.48. The first-order chi connectivity index (χ1) is 7.68. The molecular weight excluding hydrogens is 224 g/mol. The molecule has 2 rings (SSSR count). The molecule has 0 aliphatic rings. The van der Waals surface area contributed by atoms with Gasteiger partial charge in [-0.25, -0.2) is 13.4 Å². The topological polar surface area (TPSA) is 60.3 Å². The van der Waals surface area contributed by atoms with Gasteiger partial charge in [-0.15, -0.1) is 0 Å². The molecule has 0 aliphatic heterocycles. The molecule has 2 aromatic rings. The van der Waals surface area contributed by atoms with E-state index in [1.165, 1.54) is 0 Å². The van der Waals surface area contributed by atoms with Crippen molar-refractivity contribution in [2.24, 2.45) is 0 Å². The quantitative estimate of drug-likeness (QED) is 0.871. The molecule has 0 spiro atoms. The van der Waals surface area contributed by atoms with Gasteiger partial charge in [0.05, 0.1) is 4.90 Å². The van der Waals surface area contributed by atoms with Crippen molar-refractivity contribution in [1.82, 2.24) is 0 Å². The lowest BCUT2D eigenvalue weighted by atomic mass is 10.4. The van der Waals surface area contributed by atoms with Crippen LogP contribution in [0.4, 0.5) is 5.69 Å². The molecule has 0 fully saturated rings. The van der Waals surface area contributed by atoms with Gasteiger partial charge >= 0.3 is 0 Å². The van der Waals surface area contributed by atoms with Crippen LogP contribution in [0.3, 0.4) is 0 Å². The molecule has 4 nitrogen and oxygen atoms in total. The molecule has 0 radical (unpaired) electrons. The van der Waals surface area contributed by atoms with E-state index in [0.717, 1.165) is 0 Å². The summed E-state index contributed by atoms with van der Waals surface area (Å²) in [7, 11) is -3.48. The Kier molecular flexibility index (Phi) is 2.87. The summed E-state index contributed by atoms with van der Waals surface area (Å²) in [6.07, 6.45) is 3.29. The molecule has 0 aliphatic carbocycles. The fourth-order valence-electron chi connectivity index (χ4n) is 1.27. The fourth-order valence-corrected chi connectivity index (χ4v) is 2.34. The van der Waals surface area contributed by atoms with Crippen LogP contribution in [0.2, 0.25) is 0 Å². The van der Waals surface area contributed by atoms with E-state index in [1.54, 1.807) is 54.9 Å². The lowest BCUT2D eigenvalue weighted by molar-refractivity contribution is -0.376. The summed E-state index contributed by atoms with van der Waals surface area (Å²) in [6.45, 7) is 0. The van der Waals surface area contributed by atoms with E-state index >= 15 is 0 Å². The van der Waals surface area contributed by atoms with E-state index < -0.39 is 10.0 Å². The first kappa shape index (κ1) is 10.6. The Bertz CT molecular complexity index is 553. The minimum absolute atomic E-state index is 0.249. The highest BCUT2D eigenvalue weighted by Gasteiger charge is 2.13. The van der Waals surface area contributed by atoms with E-state index in [4.69, 9.17) is 0 Å². The second-order valence-corrected chi connectivity index (χ2v) is 4.89. The van der Waals surface area contributed by atoms with Crippen molar-refractivity contribution >= 4 is 15.7 Å². The molecule has 16 heavy (non-hydrogen) atoms. The molecule has 0 saturated heterocycles. The van der Waals surface area contributed by atoms with Gasteiger partial charge < -0.3 is 0 Å². The monoisotopic (exact) mass is 235 g/mol. The van der Waals surface area contributed by atoms with Crippen molar-refractivity contribution in [2.45, 2.75) is 4.90 Å². The third-order valence-electron chi connectivity index (χ3n) is 2.01. The van der Waals surface area contributed by atoms with Crippen LogP contribution in [0.15, 0.2) is 59.8 Å². The number of nitrogens with one attached hydrogen (secondary N) is 2. The third-order valence-corrected chi connectivity index (χ3v) is 3.41.